The molecule has 4 rings (SSSR count). The van der Waals surface area contributed by atoms with Crippen LogP contribution in [0.1, 0.15) is 11.1 Å². The normalized spacial score (nSPS) is 16.1. The predicted molar refractivity (Wildman–Crippen MR) is 134 cm³/mol. The summed E-state index contributed by atoms with van der Waals surface area (Å²) in [6.07, 6.45) is 1.85. The molecule has 3 heterocycles. The van der Waals surface area contributed by atoms with Crippen molar-refractivity contribution >= 4 is 35.8 Å². The molecule has 0 unspecified atom stereocenters. The second-order valence-electron chi connectivity index (χ2n) is 7.77. The van der Waals surface area contributed by atoms with Gasteiger partial charge in [-0.25, -0.2) is 4.98 Å². The molecule has 2 aliphatic heterocycles. The number of guanidine groups is 1. The summed E-state index contributed by atoms with van der Waals surface area (Å²) in [4.78, 5) is 15.7. The second-order valence-corrected chi connectivity index (χ2v) is 7.77. The number of rotatable bonds is 5. The number of ether oxygens (including phenoxy) is 2. The first-order chi connectivity index (χ1) is 14.6. The molecule has 1 fully saturated rings. The van der Waals surface area contributed by atoms with Crippen LogP contribution in [0.3, 0.4) is 0 Å². The lowest BCUT2D eigenvalue weighted by atomic mass is 10.1. The van der Waals surface area contributed by atoms with Gasteiger partial charge in [-0.15, -0.1) is 24.0 Å². The molecule has 31 heavy (non-hydrogen) atoms. The van der Waals surface area contributed by atoms with Gasteiger partial charge in [0.05, 0.1) is 0 Å². The van der Waals surface area contributed by atoms with Gasteiger partial charge in [-0.05, 0) is 35.4 Å². The van der Waals surface area contributed by atoms with Gasteiger partial charge in [0.25, 0.3) is 0 Å². The van der Waals surface area contributed by atoms with Gasteiger partial charge in [-0.1, -0.05) is 6.07 Å². The molecule has 1 N–H and O–H groups in total. The number of pyridine rings is 1. The van der Waals surface area contributed by atoms with Crippen LogP contribution in [-0.2, 0) is 13.1 Å². The van der Waals surface area contributed by atoms with Crippen molar-refractivity contribution in [3.63, 3.8) is 0 Å². The Morgan fingerprint density at radius 1 is 1.06 bits per heavy atom. The second kappa shape index (κ2) is 10.9. The Morgan fingerprint density at radius 3 is 2.58 bits per heavy atom. The van der Waals surface area contributed by atoms with Crippen LogP contribution in [0.2, 0.25) is 0 Å². The van der Waals surface area contributed by atoms with E-state index in [0.29, 0.717) is 6.79 Å². The summed E-state index contributed by atoms with van der Waals surface area (Å²) in [5, 5.41) is 3.50. The maximum absolute atomic E-state index is 5.50. The molecule has 8 nitrogen and oxygen atoms in total. The monoisotopic (exact) mass is 538 g/mol. The molecule has 0 aliphatic carbocycles. The number of nitrogens with one attached hydrogen (secondary N) is 1. The van der Waals surface area contributed by atoms with Crippen LogP contribution in [0.4, 0.5) is 5.82 Å². The number of anilines is 1. The molecule has 0 bridgehead atoms. The minimum atomic E-state index is 0. The number of halogens is 1. The highest BCUT2D eigenvalue weighted by molar-refractivity contribution is 14.0. The molecule has 2 aromatic rings. The molecular formula is C22H31IN6O2. The maximum Gasteiger partial charge on any atom is 0.231 e. The fourth-order valence-corrected chi connectivity index (χ4v) is 3.74. The van der Waals surface area contributed by atoms with E-state index in [2.05, 4.69) is 43.3 Å². The highest BCUT2D eigenvalue weighted by Crippen LogP contribution is 2.32. The Morgan fingerprint density at radius 2 is 1.84 bits per heavy atom. The first kappa shape index (κ1) is 23.4. The van der Waals surface area contributed by atoms with E-state index in [-0.39, 0.29) is 24.0 Å². The van der Waals surface area contributed by atoms with Gasteiger partial charge in [-0.3, -0.25) is 9.89 Å². The summed E-state index contributed by atoms with van der Waals surface area (Å²) in [5.74, 6) is 3.59. The zero-order valence-corrected chi connectivity index (χ0v) is 20.7. The number of fused-ring (bicyclic) bond motifs is 1. The zero-order chi connectivity index (χ0) is 20.9. The van der Waals surface area contributed by atoms with Crippen molar-refractivity contribution in [3.05, 3.63) is 47.7 Å². The van der Waals surface area contributed by atoms with Gasteiger partial charge < -0.3 is 24.6 Å². The van der Waals surface area contributed by atoms with Gasteiger partial charge in [0, 0.05) is 66.6 Å². The average Bonchev–Trinajstić information content (AvgIpc) is 3.23. The van der Waals surface area contributed by atoms with E-state index in [1.807, 2.05) is 44.4 Å². The molecule has 0 atom stereocenters. The van der Waals surface area contributed by atoms with Gasteiger partial charge in [0.1, 0.15) is 5.82 Å². The van der Waals surface area contributed by atoms with Crippen LogP contribution >= 0.6 is 24.0 Å². The van der Waals surface area contributed by atoms with Crippen molar-refractivity contribution in [2.75, 3.05) is 59.0 Å². The number of benzene rings is 1. The summed E-state index contributed by atoms with van der Waals surface area (Å²) < 4.78 is 10.9. The Bertz CT molecular complexity index is 899. The summed E-state index contributed by atoms with van der Waals surface area (Å²) >= 11 is 0. The third-order valence-corrected chi connectivity index (χ3v) is 5.45. The Kier molecular flexibility index (Phi) is 8.19. The van der Waals surface area contributed by atoms with E-state index in [0.717, 1.165) is 62.5 Å². The lowest BCUT2D eigenvalue weighted by Crippen LogP contribution is -2.52. The van der Waals surface area contributed by atoms with Crippen LogP contribution in [0, 0.1) is 0 Å². The van der Waals surface area contributed by atoms with E-state index in [1.165, 1.54) is 11.1 Å². The van der Waals surface area contributed by atoms with Gasteiger partial charge >= 0.3 is 0 Å². The van der Waals surface area contributed by atoms with Crippen molar-refractivity contribution in [1.82, 2.24) is 20.1 Å². The quantitative estimate of drug-likeness (QED) is 0.357. The topological polar surface area (TPSA) is 65.5 Å². The van der Waals surface area contributed by atoms with Crippen LogP contribution in [0.5, 0.6) is 11.5 Å². The van der Waals surface area contributed by atoms with E-state index < -0.39 is 0 Å². The summed E-state index contributed by atoms with van der Waals surface area (Å²) in [6.45, 7) is 5.85. The minimum Gasteiger partial charge on any atom is -0.454 e. The number of nitrogens with zero attached hydrogens (tertiary/aromatic N) is 5. The fraction of sp³-hybridized carbons (Fsp3) is 0.455. The van der Waals surface area contributed by atoms with E-state index >= 15 is 0 Å². The molecule has 168 valence electrons. The van der Waals surface area contributed by atoms with Crippen LogP contribution in [0.25, 0.3) is 0 Å². The molecule has 1 aromatic heterocycles. The fourth-order valence-electron chi connectivity index (χ4n) is 3.74. The average molecular weight is 538 g/mol. The Hall–Kier alpha value is -2.27. The number of aliphatic imine (C=N–C) groups is 1. The van der Waals surface area contributed by atoms with E-state index in [9.17, 15) is 0 Å². The highest BCUT2D eigenvalue weighted by atomic mass is 127. The SMILES string of the molecule is CN=C(NCc1ccnc(N(C)C)c1)N1CCN(Cc2ccc3c(c2)OCO3)CC1.I. The molecule has 0 amide bonds. The smallest absolute Gasteiger partial charge is 0.231 e. The number of aromatic nitrogens is 1. The lowest BCUT2D eigenvalue weighted by molar-refractivity contribution is 0.171. The predicted octanol–water partition coefficient (Wildman–Crippen LogP) is 2.39. The lowest BCUT2D eigenvalue weighted by Gasteiger charge is -2.36. The van der Waals surface area contributed by atoms with Crippen LogP contribution < -0.4 is 19.7 Å². The van der Waals surface area contributed by atoms with Crippen molar-refractivity contribution in [1.29, 1.82) is 0 Å². The van der Waals surface area contributed by atoms with Gasteiger partial charge in [-0.2, -0.15) is 0 Å². The third-order valence-electron chi connectivity index (χ3n) is 5.45. The standard InChI is InChI=1S/C22H30N6O2.HI/c1-23-22(25-14-17-6-7-24-21(13-17)26(2)3)28-10-8-27(9-11-28)15-18-4-5-19-20(12-18)30-16-29-19;/h4-7,12-13H,8-11,14-16H2,1-3H3,(H,23,25);1H. The third kappa shape index (κ3) is 5.91. The van der Waals surface area contributed by atoms with Crippen molar-refractivity contribution in [3.8, 4) is 11.5 Å². The summed E-state index contributed by atoms with van der Waals surface area (Å²) in [7, 11) is 5.85. The molecular weight excluding hydrogens is 507 g/mol. The van der Waals surface area contributed by atoms with Crippen LogP contribution in [0.15, 0.2) is 41.5 Å². The minimum absolute atomic E-state index is 0. The maximum atomic E-state index is 5.50. The summed E-state index contributed by atoms with van der Waals surface area (Å²) in [6, 6.07) is 10.4. The van der Waals surface area contributed by atoms with E-state index in [1.54, 1.807) is 0 Å². The highest BCUT2D eigenvalue weighted by Gasteiger charge is 2.21. The Labute approximate surface area is 201 Å². The number of piperazine rings is 1. The van der Waals surface area contributed by atoms with Crippen molar-refractivity contribution < 1.29 is 9.47 Å². The summed E-state index contributed by atoms with van der Waals surface area (Å²) in [5.41, 5.74) is 2.45. The van der Waals surface area contributed by atoms with Gasteiger partial charge in [0.2, 0.25) is 6.79 Å². The van der Waals surface area contributed by atoms with Gasteiger partial charge in [0.15, 0.2) is 17.5 Å². The first-order valence-electron chi connectivity index (χ1n) is 10.3. The molecule has 0 spiro atoms. The molecule has 9 heteroatoms. The number of hydrogen-bond acceptors (Lipinski definition) is 6. The molecule has 1 aromatic carbocycles. The first-order valence-corrected chi connectivity index (χ1v) is 10.3. The van der Waals surface area contributed by atoms with Crippen molar-refractivity contribution in [2.24, 2.45) is 4.99 Å². The molecule has 2 aliphatic rings. The number of hydrogen-bond donors (Lipinski definition) is 1. The Balaban J connectivity index is 0.00000272. The van der Waals surface area contributed by atoms with Crippen molar-refractivity contribution in [2.45, 2.75) is 13.1 Å². The molecule has 0 radical (unpaired) electrons. The van der Waals surface area contributed by atoms with Crippen LogP contribution in [-0.4, -0.2) is 74.9 Å². The van der Waals surface area contributed by atoms with E-state index in [4.69, 9.17) is 9.47 Å². The molecule has 0 saturated carbocycles. The molecule has 1 saturated heterocycles. The zero-order valence-electron chi connectivity index (χ0n) is 18.4. The largest absolute Gasteiger partial charge is 0.454 e.